The van der Waals surface area contributed by atoms with E-state index in [2.05, 4.69) is 10.1 Å². The number of nitrogens with zero attached hydrogens (tertiary/aromatic N) is 3. The summed E-state index contributed by atoms with van der Waals surface area (Å²) in [6, 6.07) is 14.0. The number of aryl methyl sites for hydroxylation is 1. The van der Waals surface area contributed by atoms with E-state index in [0.29, 0.717) is 34.4 Å². The highest BCUT2D eigenvalue weighted by molar-refractivity contribution is 6.12. The van der Waals surface area contributed by atoms with Crippen LogP contribution in [0, 0.1) is 6.92 Å². The molecule has 0 bridgehead atoms. The van der Waals surface area contributed by atoms with Crippen LogP contribution in [-0.2, 0) is 0 Å². The van der Waals surface area contributed by atoms with Crippen LogP contribution in [0.3, 0.4) is 0 Å². The van der Waals surface area contributed by atoms with Gasteiger partial charge in [-0.15, -0.1) is 0 Å². The van der Waals surface area contributed by atoms with Gasteiger partial charge in [0.1, 0.15) is 5.75 Å². The van der Waals surface area contributed by atoms with Gasteiger partial charge in [-0.1, -0.05) is 24.4 Å². The molecular formula is C27H27N3O5. The van der Waals surface area contributed by atoms with Crippen molar-refractivity contribution in [3.05, 3.63) is 71.2 Å². The summed E-state index contributed by atoms with van der Waals surface area (Å²) in [5, 5.41) is 26.0. The minimum absolute atomic E-state index is 0.0345. The quantitative estimate of drug-likeness (QED) is 0.354. The zero-order valence-corrected chi connectivity index (χ0v) is 19.7. The molecule has 0 spiro atoms. The molecule has 5 rings (SSSR count). The van der Waals surface area contributed by atoms with Gasteiger partial charge in [0.25, 0.3) is 0 Å². The zero-order valence-electron chi connectivity index (χ0n) is 19.7. The van der Waals surface area contributed by atoms with Crippen LogP contribution in [0.25, 0.3) is 17.1 Å². The average molecular weight is 474 g/mol. The molecule has 35 heavy (non-hydrogen) atoms. The second-order valence-electron chi connectivity index (χ2n) is 8.84. The van der Waals surface area contributed by atoms with Crippen LogP contribution in [0.15, 0.2) is 53.1 Å². The summed E-state index contributed by atoms with van der Waals surface area (Å²) in [5.41, 5.74) is 2.60. The largest absolute Gasteiger partial charge is 0.503 e. The minimum atomic E-state index is -0.399. The molecule has 1 aliphatic rings. The lowest BCUT2D eigenvalue weighted by atomic mass is 9.84. The summed E-state index contributed by atoms with van der Waals surface area (Å²) >= 11 is 0. The second kappa shape index (κ2) is 9.29. The third-order valence-corrected chi connectivity index (χ3v) is 6.64. The highest BCUT2D eigenvalue weighted by atomic mass is 16.5. The Labute approximate surface area is 202 Å². The van der Waals surface area contributed by atoms with Gasteiger partial charge in [-0.05, 0) is 61.4 Å². The van der Waals surface area contributed by atoms with Crippen molar-refractivity contribution in [2.45, 2.75) is 44.9 Å². The molecule has 2 heterocycles. The Hall–Kier alpha value is -4.07. The fourth-order valence-electron chi connectivity index (χ4n) is 4.88. The van der Waals surface area contributed by atoms with Gasteiger partial charge in [0.05, 0.1) is 12.7 Å². The first-order valence-electron chi connectivity index (χ1n) is 11.7. The summed E-state index contributed by atoms with van der Waals surface area (Å²) in [6.07, 6.45) is 4.96. The number of carbonyl (C=O) groups is 1. The van der Waals surface area contributed by atoms with E-state index >= 15 is 0 Å². The van der Waals surface area contributed by atoms with Crippen molar-refractivity contribution < 1.29 is 24.3 Å². The fraction of sp³-hybridized carbons (Fsp3) is 0.296. The number of methoxy groups -OCH3 is 1. The summed E-state index contributed by atoms with van der Waals surface area (Å²) in [4.78, 5) is 17.9. The van der Waals surface area contributed by atoms with Crippen molar-refractivity contribution in [1.82, 2.24) is 14.7 Å². The summed E-state index contributed by atoms with van der Waals surface area (Å²) in [7, 11) is 1.56. The Kier molecular flexibility index (Phi) is 6.03. The van der Waals surface area contributed by atoms with E-state index in [4.69, 9.17) is 9.26 Å². The Bertz CT molecular complexity index is 1350. The van der Waals surface area contributed by atoms with Crippen molar-refractivity contribution in [2.24, 2.45) is 0 Å². The first kappa shape index (κ1) is 22.7. The molecular weight excluding hydrogens is 446 g/mol. The van der Waals surface area contributed by atoms with Crippen LogP contribution < -0.4 is 4.74 Å². The number of aromatic hydroxyl groups is 2. The molecule has 1 fully saturated rings. The molecule has 8 heteroatoms. The molecule has 0 unspecified atom stereocenters. The predicted octanol–water partition coefficient (Wildman–Crippen LogP) is 5.53. The van der Waals surface area contributed by atoms with Gasteiger partial charge < -0.3 is 19.5 Å². The molecule has 0 radical (unpaired) electrons. The molecule has 0 aliphatic heterocycles. The Morgan fingerprint density at radius 2 is 1.71 bits per heavy atom. The highest BCUT2D eigenvalue weighted by Crippen LogP contribution is 2.46. The van der Waals surface area contributed by atoms with Gasteiger partial charge in [-0.2, -0.15) is 4.98 Å². The zero-order chi connectivity index (χ0) is 24.5. The van der Waals surface area contributed by atoms with E-state index in [-0.39, 0.29) is 23.1 Å². The topological polar surface area (TPSA) is 111 Å². The van der Waals surface area contributed by atoms with Gasteiger partial charge in [-0.3, -0.25) is 9.36 Å². The molecule has 2 aromatic carbocycles. The van der Waals surface area contributed by atoms with Crippen LogP contribution in [0.1, 0.15) is 65.5 Å². The Morgan fingerprint density at radius 3 is 2.31 bits per heavy atom. The van der Waals surface area contributed by atoms with Crippen LogP contribution in [0.2, 0.25) is 0 Å². The molecule has 2 N–H and O–H groups in total. The van der Waals surface area contributed by atoms with Crippen LogP contribution >= 0.6 is 0 Å². The van der Waals surface area contributed by atoms with Crippen LogP contribution in [0.4, 0.5) is 0 Å². The number of ketones is 1. The van der Waals surface area contributed by atoms with Crippen molar-refractivity contribution >= 4 is 5.78 Å². The smallest absolute Gasteiger partial charge is 0.240 e. The van der Waals surface area contributed by atoms with Crippen molar-refractivity contribution in [3.8, 4) is 34.5 Å². The lowest BCUT2D eigenvalue weighted by molar-refractivity contribution is 0.103. The average Bonchev–Trinajstić information content (AvgIpc) is 3.45. The maximum Gasteiger partial charge on any atom is 0.240 e. The number of hydrogen-bond acceptors (Lipinski definition) is 7. The third kappa shape index (κ3) is 4.16. The molecule has 0 amide bonds. The number of benzene rings is 2. The highest BCUT2D eigenvalue weighted by Gasteiger charge is 2.33. The fourth-order valence-corrected chi connectivity index (χ4v) is 4.88. The Balaban J connectivity index is 1.62. The van der Waals surface area contributed by atoms with E-state index < -0.39 is 5.75 Å². The van der Waals surface area contributed by atoms with Crippen molar-refractivity contribution in [1.29, 1.82) is 0 Å². The summed E-state index contributed by atoms with van der Waals surface area (Å²) in [6.45, 7) is 1.73. The lowest BCUT2D eigenvalue weighted by Gasteiger charge is -2.25. The molecule has 180 valence electrons. The maximum absolute atomic E-state index is 13.6. The number of ether oxygens (including phenoxy) is 1. The molecule has 4 aromatic rings. The van der Waals surface area contributed by atoms with E-state index in [1.165, 1.54) is 0 Å². The standard InChI is InChI=1S/C27H27N3O5/c1-16-28-26(29-35-16)19-8-12-20(13-9-19)30-23(17-6-4-3-5-7-17)22(25(32)27(30)33)24(31)18-10-14-21(34-2)15-11-18/h8-15,17,32-33H,3-7H2,1-2H3. The van der Waals surface area contributed by atoms with Crippen LogP contribution in [-0.4, -0.2) is 37.8 Å². The molecule has 0 saturated heterocycles. The first-order valence-corrected chi connectivity index (χ1v) is 11.7. The Morgan fingerprint density at radius 1 is 1.03 bits per heavy atom. The van der Waals surface area contributed by atoms with E-state index in [9.17, 15) is 15.0 Å². The summed E-state index contributed by atoms with van der Waals surface area (Å²) < 4.78 is 11.9. The van der Waals surface area contributed by atoms with Crippen molar-refractivity contribution in [2.75, 3.05) is 7.11 Å². The lowest BCUT2D eigenvalue weighted by Crippen LogP contribution is -2.14. The molecule has 8 nitrogen and oxygen atoms in total. The van der Waals surface area contributed by atoms with E-state index in [0.717, 1.165) is 37.7 Å². The van der Waals surface area contributed by atoms with Gasteiger partial charge in [0, 0.05) is 35.3 Å². The maximum atomic E-state index is 13.6. The molecule has 0 atom stereocenters. The SMILES string of the molecule is COc1ccc(C(=O)c2c(O)c(O)n(-c3ccc(-c4noc(C)n4)cc3)c2C2CCCCC2)cc1. The molecule has 2 aromatic heterocycles. The van der Waals surface area contributed by atoms with Gasteiger partial charge in [-0.25, -0.2) is 0 Å². The molecule has 1 aliphatic carbocycles. The third-order valence-electron chi connectivity index (χ3n) is 6.64. The number of carbonyl (C=O) groups excluding carboxylic acids is 1. The van der Waals surface area contributed by atoms with Gasteiger partial charge >= 0.3 is 0 Å². The van der Waals surface area contributed by atoms with Crippen molar-refractivity contribution in [3.63, 3.8) is 0 Å². The second-order valence-corrected chi connectivity index (χ2v) is 8.84. The number of rotatable bonds is 6. The first-order chi connectivity index (χ1) is 17.0. The van der Waals surface area contributed by atoms with E-state index in [1.807, 2.05) is 24.3 Å². The summed E-state index contributed by atoms with van der Waals surface area (Å²) in [5.74, 6) is 0.534. The number of hydrogen-bond donors (Lipinski definition) is 2. The van der Waals surface area contributed by atoms with Gasteiger partial charge in [0.15, 0.2) is 11.5 Å². The number of aromatic nitrogens is 3. The van der Waals surface area contributed by atoms with Crippen LogP contribution in [0.5, 0.6) is 17.4 Å². The minimum Gasteiger partial charge on any atom is -0.503 e. The van der Waals surface area contributed by atoms with Gasteiger partial charge in [0.2, 0.25) is 17.6 Å². The monoisotopic (exact) mass is 473 g/mol. The normalized spacial score (nSPS) is 14.2. The molecule has 1 saturated carbocycles. The van der Waals surface area contributed by atoms with E-state index in [1.54, 1.807) is 42.9 Å². The predicted molar refractivity (Wildman–Crippen MR) is 129 cm³/mol.